The molecule has 2 fully saturated rings. The van der Waals surface area contributed by atoms with Crippen molar-refractivity contribution >= 4 is 0 Å². The van der Waals surface area contributed by atoms with Crippen molar-refractivity contribution in [3.05, 3.63) is 35.5 Å². The average Bonchev–Trinajstić information content (AvgIpc) is 3.17. The molecule has 1 aromatic carbocycles. The zero-order valence-corrected chi connectivity index (χ0v) is 13.6. The van der Waals surface area contributed by atoms with E-state index in [-0.39, 0.29) is 6.04 Å². The quantitative estimate of drug-likeness (QED) is 0.860. The minimum atomic E-state index is 0.238. The van der Waals surface area contributed by atoms with Crippen LogP contribution in [0.3, 0.4) is 0 Å². The van der Waals surface area contributed by atoms with E-state index in [4.69, 9.17) is 14.0 Å². The fraction of sp³-hybridized carbons (Fsp3) is 0.556. The molecule has 6 heteroatoms. The standard InChI is InChI=1S/C18H21N3O3/c1-3-13(16-15(5-1)22-9-10-23-16)11-21-8-2-4-14(21)17-19-18(24-20-17)12-6-7-12/h1,3,5,12,14H,2,4,6-11H2. The second-order valence-corrected chi connectivity index (χ2v) is 6.83. The van der Waals surface area contributed by atoms with E-state index in [0.29, 0.717) is 19.1 Å². The van der Waals surface area contributed by atoms with Crippen LogP contribution in [-0.2, 0) is 6.54 Å². The maximum atomic E-state index is 5.85. The first kappa shape index (κ1) is 14.3. The van der Waals surface area contributed by atoms with Crippen LogP contribution in [0.15, 0.2) is 22.7 Å². The molecule has 2 aliphatic heterocycles. The molecule has 1 saturated carbocycles. The minimum absolute atomic E-state index is 0.238. The summed E-state index contributed by atoms with van der Waals surface area (Å²) in [6.07, 6.45) is 4.60. The Morgan fingerprint density at radius 2 is 2.04 bits per heavy atom. The topological polar surface area (TPSA) is 60.6 Å². The third kappa shape index (κ3) is 2.55. The molecule has 0 amide bonds. The number of para-hydroxylation sites is 1. The smallest absolute Gasteiger partial charge is 0.229 e. The number of likely N-dealkylation sites (tertiary alicyclic amines) is 1. The number of fused-ring (bicyclic) bond motifs is 1. The van der Waals surface area contributed by atoms with Crippen molar-refractivity contribution in [2.24, 2.45) is 0 Å². The molecule has 0 N–H and O–H groups in total. The van der Waals surface area contributed by atoms with E-state index in [1.807, 2.05) is 12.1 Å². The predicted molar refractivity (Wildman–Crippen MR) is 86.1 cm³/mol. The van der Waals surface area contributed by atoms with Gasteiger partial charge in [-0.2, -0.15) is 4.98 Å². The molecule has 3 heterocycles. The second-order valence-electron chi connectivity index (χ2n) is 6.83. The van der Waals surface area contributed by atoms with Gasteiger partial charge in [0.15, 0.2) is 17.3 Å². The van der Waals surface area contributed by atoms with E-state index in [1.165, 1.54) is 18.4 Å². The Bertz CT molecular complexity index is 741. The summed E-state index contributed by atoms with van der Waals surface area (Å²) < 4.78 is 17.0. The van der Waals surface area contributed by atoms with Crippen LogP contribution in [0.1, 0.15) is 54.9 Å². The first-order valence-electron chi connectivity index (χ1n) is 8.83. The third-order valence-corrected chi connectivity index (χ3v) is 5.07. The number of nitrogens with zero attached hydrogens (tertiary/aromatic N) is 3. The molecule has 3 aliphatic rings. The van der Waals surface area contributed by atoms with Crippen LogP contribution in [0.25, 0.3) is 0 Å². The highest BCUT2D eigenvalue weighted by atomic mass is 16.6. The van der Waals surface area contributed by atoms with Crippen LogP contribution < -0.4 is 9.47 Å². The van der Waals surface area contributed by atoms with Crippen molar-refractivity contribution < 1.29 is 14.0 Å². The molecule has 0 radical (unpaired) electrons. The monoisotopic (exact) mass is 327 g/mol. The molecule has 0 spiro atoms. The van der Waals surface area contributed by atoms with Crippen LogP contribution >= 0.6 is 0 Å². The Balaban J connectivity index is 1.37. The van der Waals surface area contributed by atoms with Gasteiger partial charge in [-0.25, -0.2) is 0 Å². The normalized spacial score (nSPS) is 23.6. The lowest BCUT2D eigenvalue weighted by atomic mass is 10.1. The Morgan fingerprint density at radius 1 is 1.12 bits per heavy atom. The van der Waals surface area contributed by atoms with Crippen LogP contribution in [0.5, 0.6) is 11.5 Å². The molecular formula is C18H21N3O3. The highest BCUT2D eigenvalue weighted by Gasteiger charge is 2.34. The Hall–Kier alpha value is -2.08. The van der Waals surface area contributed by atoms with E-state index in [9.17, 15) is 0 Å². The lowest BCUT2D eigenvalue weighted by molar-refractivity contribution is 0.165. The highest BCUT2D eigenvalue weighted by molar-refractivity contribution is 5.47. The fourth-order valence-electron chi connectivity index (χ4n) is 3.66. The zero-order chi connectivity index (χ0) is 15.9. The van der Waals surface area contributed by atoms with Gasteiger partial charge in [-0.15, -0.1) is 0 Å². The maximum Gasteiger partial charge on any atom is 0.229 e. The van der Waals surface area contributed by atoms with Crippen LogP contribution in [0.4, 0.5) is 0 Å². The largest absolute Gasteiger partial charge is 0.486 e. The maximum absolute atomic E-state index is 5.85. The van der Waals surface area contributed by atoms with Gasteiger partial charge < -0.3 is 14.0 Å². The molecule has 24 heavy (non-hydrogen) atoms. The second kappa shape index (κ2) is 5.77. The summed E-state index contributed by atoms with van der Waals surface area (Å²) in [5.74, 6) is 3.92. The number of hydrogen-bond donors (Lipinski definition) is 0. The summed E-state index contributed by atoms with van der Waals surface area (Å²) in [6, 6.07) is 6.37. The molecule has 1 atom stereocenters. The molecule has 1 aliphatic carbocycles. The van der Waals surface area contributed by atoms with E-state index in [2.05, 4.69) is 21.1 Å². The molecule has 5 rings (SSSR count). The lowest BCUT2D eigenvalue weighted by Gasteiger charge is -2.25. The highest BCUT2D eigenvalue weighted by Crippen LogP contribution is 2.41. The van der Waals surface area contributed by atoms with Crippen molar-refractivity contribution in [3.8, 4) is 11.5 Å². The first-order chi connectivity index (χ1) is 11.9. The van der Waals surface area contributed by atoms with Crippen molar-refractivity contribution in [2.45, 2.75) is 44.2 Å². The van der Waals surface area contributed by atoms with Crippen LogP contribution in [-0.4, -0.2) is 34.8 Å². The summed E-state index contributed by atoms with van der Waals surface area (Å²) in [7, 11) is 0. The molecule has 1 aromatic heterocycles. The van der Waals surface area contributed by atoms with E-state index >= 15 is 0 Å². The molecule has 0 bridgehead atoms. The van der Waals surface area contributed by atoms with Crippen LogP contribution in [0.2, 0.25) is 0 Å². The van der Waals surface area contributed by atoms with Crippen LogP contribution in [0, 0.1) is 0 Å². The summed E-state index contributed by atoms with van der Waals surface area (Å²) in [5, 5.41) is 4.26. The molecule has 1 unspecified atom stereocenters. The number of hydrogen-bond acceptors (Lipinski definition) is 6. The SMILES string of the molecule is c1cc(CN2CCCC2c2noc(C3CC3)n2)c2c(c1)OCCO2. The number of aromatic nitrogens is 2. The van der Waals surface area contributed by atoms with Gasteiger partial charge in [0, 0.05) is 18.0 Å². The van der Waals surface area contributed by atoms with E-state index < -0.39 is 0 Å². The molecule has 1 saturated heterocycles. The average molecular weight is 327 g/mol. The molecule has 126 valence electrons. The molecule has 2 aromatic rings. The van der Waals surface area contributed by atoms with Gasteiger partial charge in [-0.1, -0.05) is 17.3 Å². The summed E-state index contributed by atoms with van der Waals surface area (Å²) in [6.45, 7) is 3.10. The number of rotatable bonds is 4. The zero-order valence-electron chi connectivity index (χ0n) is 13.6. The summed E-state index contributed by atoms with van der Waals surface area (Å²) in [4.78, 5) is 7.08. The Morgan fingerprint density at radius 3 is 2.96 bits per heavy atom. The van der Waals surface area contributed by atoms with Gasteiger partial charge in [0.05, 0.1) is 6.04 Å². The predicted octanol–water partition coefficient (Wildman–Crippen LogP) is 3.06. The van der Waals surface area contributed by atoms with Gasteiger partial charge in [-0.05, 0) is 38.3 Å². The van der Waals surface area contributed by atoms with Gasteiger partial charge in [0.1, 0.15) is 13.2 Å². The van der Waals surface area contributed by atoms with Crippen molar-refractivity contribution in [3.63, 3.8) is 0 Å². The number of benzene rings is 1. The minimum Gasteiger partial charge on any atom is -0.486 e. The van der Waals surface area contributed by atoms with E-state index in [1.54, 1.807) is 0 Å². The summed E-state index contributed by atoms with van der Waals surface area (Å²) >= 11 is 0. The fourth-order valence-corrected chi connectivity index (χ4v) is 3.66. The number of ether oxygens (including phenoxy) is 2. The van der Waals surface area contributed by atoms with E-state index in [0.717, 1.165) is 49.1 Å². The summed E-state index contributed by atoms with van der Waals surface area (Å²) in [5.41, 5.74) is 1.17. The van der Waals surface area contributed by atoms with Gasteiger partial charge in [0.25, 0.3) is 0 Å². The first-order valence-corrected chi connectivity index (χ1v) is 8.83. The Kier molecular flexibility index (Phi) is 3.43. The van der Waals surface area contributed by atoms with Gasteiger partial charge in [0.2, 0.25) is 5.89 Å². The van der Waals surface area contributed by atoms with Crippen molar-refractivity contribution in [2.75, 3.05) is 19.8 Å². The van der Waals surface area contributed by atoms with Gasteiger partial charge in [-0.3, -0.25) is 4.90 Å². The van der Waals surface area contributed by atoms with Crippen molar-refractivity contribution in [1.82, 2.24) is 15.0 Å². The third-order valence-electron chi connectivity index (χ3n) is 5.07. The molecular weight excluding hydrogens is 306 g/mol. The van der Waals surface area contributed by atoms with Crippen molar-refractivity contribution in [1.29, 1.82) is 0 Å². The Labute approximate surface area is 140 Å². The van der Waals surface area contributed by atoms with Gasteiger partial charge >= 0.3 is 0 Å². The molecule has 6 nitrogen and oxygen atoms in total. The lowest BCUT2D eigenvalue weighted by Crippen LogP contribution is -2.25.